The predicted molar refractivity (Wildman–Crippen MR) is 48.5 cm³/mol. The number of hydrogen-bond acceptors (Lipinski definition) is 3. The monoisotopic (exact) mass is 187 g/mol. The summed E-state index contributed by atoms with van der Waals surface area (Å²) in [5.74, 6) is -0.812. The van der Waals surface area contributed by atoms with Crippen molar-refractivity contribution in [3.63, 3.8) is 0 Å². The standard InChI is InChI=1S/C9H17NO3/c1-6(9(12)13)10-5-3-4-8(10)7(2)11/h6-8,11H,3-5H2,1-2H3,(H,12,13)/t6-,7-,8+/m0/s1. The van der Waals surface area contributed by atoms with Crippen LogP contribution in [0.3, 0.4) is 0 Å². The number of aliphatic carboxylic acids is 1. The van der Waals surface area contributed by atoms with Gasteiger partial charge in [0.2, 0.25) is 0 Å². The molecule has 76 valence electrons. The first-order valence-electron chi connectivity index (χ1n) is 4.70. The molecule has 0 radical (unpaired) electrons. The van der Waals surface area contributed by atoms with E-state index in [-0.39, 0.29) is 6.04 Å². The van der Waals surface area contributed by atoms with E-state index < -0.39 is 18.1 Å². The summed E-state index contributed by atoms with van der Waals surface area (Å²) in [5, 5.41) is 18.2. The highest BCUT2D eigenvalue weighted by Crippen LogP contribution is 2.22. The molecule has 0 aromatic rings. The first-order chi connectivity index (χ1) is 6.04. The van der Waals surface area contributed by atoms with Crippen molar-refractivity contribution in [3.05, 3.63) is 0 Å². The van der Waals surface area contributed by atoms with E-state index in [2.05, 4.69) is 0 Å². The molecule has 0 aliphatic carbocycles. The van der Waals surface area contributed by atoms with E-state index in [9.17, 15) is 9.90 Å². The molecule has 4 heteroatoms. The molecule has 0 saturated carbocycles. The van der Waals surface area contributed by atoms with E-state index in [1.165, 1.54) is 0 Å². The minimum Gasteiger partial charge on any atom is -0.480 e. The lowest BCUT2D eigenvalue weighted by molar-refractivity contribution is -0.143. The molecule has 2 N–H and O–H groups in total. The molecule has 1 rings (SSSR count). The molecule has 0 amide bonds. The molecule has 1 fully saturated rings. The Morgan fingerprint density at radius 3 is 2.62 bits per heavy atom. The Balaban J connectivity index is 2.62. The van der Waals surface area contributed by atoms with Gasteiger partial charge in [0.25, 0.3) is 0 Å². The van der Waals surface area contributed by atoms with Gasteiger partial charge in [0, 0.05) is 6.04 Å². The van der Waals surface area contributed by atoms with Gasteiger partial charge in [0.15, 0.2) is 0 Å². The molecule has 0 bridgehead atoms. The number of aliphatic hydroxyl groups is 1. The molecule has 13 heavy (non-hydrogen) atoms. The molecule has 4 nitrogen and oxygen atoms in total. The van der Waals surface area contributed by atoms with E-state index in [1.54, 1.807) is 13.8 Å². The summed E-state index contributed by atoms with van der Waals surface area (Å²) in [4.78, 5) is 12.6. The van der Waals surface area contributed by atoms with Crippen molar-refractivity contribution in [1.82, 2.24) is 4.90 Å². The minimum atomic E-state index is -0.812. The van der Waals surface area contributed by atoms with Crippen molar-refractivity contribution in [2.45, 2.75) is 44.9 Å². The molecule has 0 unspecified atom stereocenters. The van der Waals surface area contributed by atoms with Crippen LogP contribution in [0, 0.1) is 0 Å². The Kier molecular flexibility index (Phi) is 3.27. The van der Waals surface area contributed by atoms with Gasteiger partial charge in [-0.1, -0.05) is 0 Å². The summed E-state index contributed by atoms with van der Waals surface area (Å²) >= 11 is 0. The third-order valence-electron chi connectivity index (χ3n) is 2.75. The summed E-state index contributed by atoms with van der Waals surface area (Å²) in [6.45, 7) is 4.17. The second kappa shape index (κ2) is 4.07. The van der Waals surface area contributed by atoms with Crippen LogP contribution in [0.2, 0.25) is 0 Å². The van der Waals surface area contributed by atoms with Crippen LogP contribution in [0.4, 0.5) is 0 Å². The molecule has 0 aromatic heterocycles. The summed E-state index contributed by atoms with van der Waals surface area (Å²) < 4.78 is 0. The zero-order chi connectivity index (χ0) is 10.0. The van der Waals surface area contributed by atoms with Crippen LogP contribution in [-0.2, 0) is 4.79 Å². The Morgan fingerprint density at radius 2 is 2.15 bits per heavy atom. The molecule has 1 aliphatic rings. The van der Waals surface area contributed by atoms with E-state index in [0.29, 0.717) is 0 Å². The second-order valence-corrected chi connectivity index (χ2v) is 3.70. The average molecular weight is 187 g/mol. The fraction of sp³-hybridized carbons (Fsp3) is 0.889. The smallest absolute Gasteiger partial charge is 0.320 e. The fourth-order valence-electron chi connectivity index (χ4n) is 1.96. The summed E-state index contributed by atoms with van der Waals surface area (Å²) in [6, 6.07) is -0.465. The van der Waals surface area contributed by atoms with E-state index in [1.807, 2.05) is 4.90 Å². The number of nitrogens with zero attached hydrogens (tertiary/aromatic N) is 1. The number of carboxylic acid groups (broad SMARTS) is 1. The van der Waals surface area contributed by atoms with Crippen molar-refractivity contribution < 1.29 is 15.0 Å². The van der Waals surface area contributed by atoms with Crippen molar-refractivity contribution in [2.75, 3.05) is 6.54 Å². The van der Waals surface area contributed by atoms with Gasteiger partial charge in [-0.25, -0.2) is 0 Å². The Labute approximate surface area is 78.2 Å². The number of rotatable bonds is 3. The third-order valence-corrected chi connectivity index (χ3v) is 2.75. The lowest BCUT2D eigenvalue weighted by atomic mass is 10.1. The highest BCUT2D eigenvalue weighted by Gasteiger charge is 2.34. The molecular weight excluding hydrogens is 170 g/mol. The van der Waals surface area contributed by atoms with Gasteiger partial charge < -0.3 is 10.2 Å². The number of carboxylic acids is 1. The number of likely N-dealkylation sites (tertiary alicyclic amines) is 1. The molecular formula is C9H17NO3. The minimum absolute atomic E-state index is 0.0195. The maximum absolute atomic E-state index is 10.7. The van der Waals surface area contributed by atoms with Crippen molar-refractivity contribution in [1.29, 1.82) is 0 Å². The Hall–Kier alpha value is -0.610. The van der Waals surface area contributed by atoms with Gasteiger partial charge in [0.05, 0.1) is 6.10 Å². The van der Waals surface area contributed by atoms with Crippen LogP contribution in [-0.4, -0.2) is 45.8 Å². The van der Waals surface area contributed by atoms with Gasteiger partial charge in [-0.15, -0.1) is 0 Å². The fourth-order valence-corrected chi connectivity index (χ4v) is 1.96. The zero-order valence-corrected chi connectivity index (χ0v) is 8.10. The third kappa shape index (κ3) is 2.19. The first kappa shape index (κ1) is 10.5. The summed E-state index contributed by atoms with van der Waals surface area (Å²) in [7, 11) is 0. The predicted octanol–water partition coefficient (Wildman–Crippen LogP) is 0.305. The Bertz CT molecular complexity index is 193. The SMILES string of the molecule is C[C@H](O)[C@H]1CCCN1[C@@H](C)C(=O)O. The topological polar surface area (TPSA) is 60.8 Å². The molecule has 1 aliphatic heterocycles. The molecule has 3 atom stereocenters. The van der Waals surface area contributed by atoms with Crippen LogP contribution in [0.15, 0.2) is 0 Å². The lowest BCUT2D eigenvalue weighted by Crippen LogP contribution is -2.46. The molecule has 1 saturated heterocycles. The molecule has 0 aromatic carbocycles. The van der Waals surface area contributed by atoms with E-state index in [0.717, 1.165) is 19.4 Å². The van der Waals surface area contributed by atoms with Gasteiger partial charge in [-0.3, -0.25) is 9.69 Å². The van der Waals surface area contributed by atoms with Crippen LogP contribution >= 0.6 is 0 Å². The van der Waals surface area contributed by atoms with Gasteiger partial charge >= 0.3 is 5.97 Å². The molecule has 0 spiro atoms. The maximum atomic E-state index is 10.7. The summed E-state index contributed by atoms with van der Waals surface area (Å²) in [6.07, 6.45) is 1.44. The highest BCUT2D eigenvalue weighted by molar-refractivity contribution is 5.73. The van der Waals surface area contributed by atoms with Crippen LogP contribution in [0.1, 0.15) is 26.7 Å². The van der Waals surface area contributed by atoms with Crippen molar-refractivity contribution in [3.8, 4) is 0 Å². The van der Waals surface area contributed by atoms with E-state index >= 15 is 0 Å². The highest BCUT2D eigenvalue weighted by atomic mass is 16.4. The van der Waals surface area contributed by atoms with Gasteiger partial charge in [0.1, 0.15) is 6.04 Å². The lowest BCUT2D eigenvalue weighted by Gasteiger charge is -2.29. The summed E-state index contributed by atoms with van der Waals surface area (Å²) in [5.41, 5.74) is 0. The van der Waals surface area contributed by atoms with Crippen LogP contribution in [0.5, 0.6) is 0 Å². The average Bonchev–Trinajstić information content (AvgIpc) is 2.50. The largest absolute Gasteiger partial charge is 0.480 e. The zero-order valence-electron chi connectivity index (χ0n) is 8.10. The molecule has 1 heterocycles. The number of carbonyl (C=O) groups is 1. The van der Waals surface area contributed by atoms with Crippen LogP contribution < -0.4 is 0 Å². The van der Waals surface area contributed by atoms with Gasteiger partial charge in [-0.05, 0) is 33.2 Å². The van der Waals surface area contributed by atoms with Gasteiger partial charge in [-0.2, -0.15) is 0 Å². The second-order valence-electron chi connectivity index (χ2n) is 3.70. The van der Waals surface area contributed by atoms with Crippen molar-refractivity contribution in [2.24, 2.45) is 0 Å². The maximum Gasteiger partial charge on any atom is 0.320 e. The Morgan fingerprint density at radius 1 is 1.54 bits per heavy atom. The normalized spacial score (nSPS) is 28.7. The van der Waals surface area contributed by atoms with Crippen LogP contribution in [0.25, 0.3) is 0 Å². The quantitative estimate of drug-likeness (QED) is 0.667. The number of hydrogen-bond donors (Lipinski definition) is 2. The van der Waals surface area contributed by atoms with Crippen molar-refractivity contribution >= 4 is 5.97 Å². The van der Waals surface area contributed by atoms with E-state index in [4.69, 9.17) is 5.11 Å². The first-order valence-corrected chi connectivity index (χ1v) is 4.70. The number of aliphatic hydroxyl groups excluding tert-OH is 1.